The highest BCUT2D eigenvalue weighted by Crippen LogP contribution is 2.03. The van der Waals surface area contributed by atoms with Gasteiger partial charge in [0.15, 0.2) is 0 Å². The molecule has 1 heterocycles. The molecule has 74 valence electrons. The van der Waals surface area contributed by atoms with E-state index in [9.17, 15) is 9.59 Å². The monoisotopic (exact) mass is 184 g/mol. The molecule has 0 radical (unpaired) electrons. The zero-order valence-electron chi connectivity index (χ0n) is 8.17. The molecular formula is C9H16N2O2. The molecule has 0 aromatic carbocycles. The van der Waals surface area contributed by atoms with E-state index in [-0.39, 0.29) is 24.3 Å². The lowest BCUT2D eigenvalue weighted by Gasteiger charge is -2.20. The summed E-state index contributed by atoms with van der Waals surface area (Å²) >= 11 is 0. The summed E-state index contributed by atoms with van der Waals surface area (Å²) in [6.07, 6.45) is 0.851. The lowest BCUT2D eigenvalue weighted by Crippen LogP contribution is -2.39. The maximum atomic E-state index is 11.5. The lowest BCUT2D eigenvalue weighted by molar-refractivity contribution is -0.137. The molecule has 0 spiro atoms. The maximum Gasteiger partial charge on any atom is 0.239 e. The highest BCUT2D eigenvalue weighted by Gasteiger charge is 2.21. The topological polar surface area (TPSA) is 49.4 Å². The predicted molar refractivity (Wildman–Crippen MR) is 49.0 cm³/mol. The molecule has 1 rings (SSSR count). The Morgan fingerprint density at radius 3 is 2.85 bits per heavy atom. The molecule has 0 aliphatic carbocycles. The predicted octanol–water partition coefficient (Wildman–Crippen LogP) is -0.00910. The van der Waals surface area contributed by atoms with Gasteiger partial charge in [-0.2, -0.15) is 0 Å². The zero-order chi connectivity index (χ0) is 9.84. The molecule has 4 heteroatoms. The Balaban J connectivity index is 2.57. The molecule has 0 bridgehead atoms. The van der Waals surface area contributed by atoms with Crippen LogP contribution < -0.4 is 5.32 Å². The summed E-state index contributed by atoms with van der Waals surface area (Å²) in [6.45, 7) is 5.30. The second-order valence-electron chi connectivity index (χ2n) is 3.62. The molecule has 1 N–H and O–H groups in total. The van der Waals surface area contributed by atoms with Crippen molar-refractivity contribution in [2.45, 2.75) is 20.3 Å². The molecule has 1 saturated heterocycles. The maximum absolute atomic E-state index is 11.5. The molecule has 2 amide bonds. The third kappa shape index (κ3) is 2.72. The van der Waals surface area contributed by atoms with Gasteiger partial charge in [-0.1, -0.05) is 13.8 Å². The van der Waals surface area contributed by atoms with Crippen molar-refractivity contribution in [3.05, 3.63) is 0 Å². The van der Waals surface area contributed by atoms with Crippen LogP contribution in [-0.2, 0) is 9.59 Å². The van der Waals surface area contributed by atoms with Crippen molar-refractivity contribution in [2.24, 2.45) is 5.92 Å². The Morgan fingerprint density at radius 1 is 1.54 bits per heavy atom. The molecule has 0 saturated carbocycles. The van der Waals surface area contributed by atoms with Crippen molar-refractivity contribution in [3.63, 3.8) is 0 Å². The first kappa shape index (κ1) is 10.0. The fourth-order valence-corrected chi connectivity index (χ4v) is 1.36. The van der Waals surface area contributed by atoms with Gasteiger partial charge in [-0.3, -0.25) is 9.59 Å². The Hall–Kier alpha value is -1.06. The second kappa shape index (κ2) is 4.25. The van der Waals surface area contributed by atoms with E-state index in [1.165, 1.54) is 0 Å². The summed E-state index contributed by atoms with van der Waals surface area (Å²) in [5.74, 6) is -0.00514. The number of nitrogens with one attached hydrogen (secondary N) is 1. The van der Waals surface area contributed by atoms with Crippen LogP contribution in [0.1, 0.15) is 20.3 Å². The van der Waals surface area contributed by atoms with Crippen LogP contribution in [0.25, 0.3) is 0 Å². The van der Waals surface area contributed by atoms with E-state index >= 15 is 0 Å². The standard InChI is InChI=1S/C9H16N2O2/c1-7(2)9(13)11-5-3-4-10-8(12)6-11/h7H,3-6H2,1-2H3,(H,10,12). The van der Waals surface area contributed by atoms with Gasteiger partial charge >= 0.3 is 0 Å². The molecule has 13 heavy (non-hydrogen) atoms. The second-order valence-corrected chi connectivity index (χ2v) is 3.62. The number of carbonyl (C=O) groups is 2. The van der Waals surface area contributed by atoms with Crippen LogP contribution in [0.3, 0.4) is 0 Å². The fourth-order valence-electron chi connectivity index (χ4n) is 1.36. The Kier molecular flexibility index (Phi) is 3.28. The van der Waals surface area contributed by atoms with Crippen LogP contribution in [0.4, 0.5) is 0 Å². The average Bonchev–Trinajstić information content (AvgIpc) is 2.28. The molecule has 1 aliphatic heterocycles. The van der Waals surface area contributed by atoms with E-state index in [1.54, 1.807) is 4.90 Å². The van der Waals surface area contributed by atoms with Crippen LogP contribution in [0.5, 0.6) is 0 Å². The molecular weight excluding hydrogens is 168 g/mol. The van der Waals surface area contributed by atoms with Crippen molar-refractivity contribution >= 4 is 11.8 Å². The molecule has 4 nitrogen and oxygen atoms in total. The third-order valence-electron chi connectivity index (χ3n) is 2.07. The highest BCUT2D eigenvalue weighted by atomic mass is 16.2. The molecule has 0 atom stereocenters. The van der Waals surface area contributed by atoms with Crippen molar-refractivity contribution < 1.29 is 9.59 Å². The van der Waals surface area contributed by atoms with E-state index in [0.29, 0.717) is 13.1 Å². The van der Waals surface area contributed by atoms with Crippen LogP contribution in [-0.4, -0.2) is 36.3 Å². The quantitative estimate of drug-likeness (QED) is 0.623. The number of carbonyl (C=O) groups excluding carboxylic acids is 2. The summed E-state index contributed by atoms with van der Waals surface area (Å²) in [4.78, 5) is 24.3. The minimum Gasteiger partial charge on any atom is -0.354 e. The molecule has 0 aromatic rings. The first-order chi connectivity index (χ1) is 6.11. The normalized spacial score (nSPS) is 18.4. The number of amides is 2. The SMILES string of the molecule is CC(C)C(=O)N1CCCNC(=O)C1. The number of rotatable bonds is 1. The Morgan fingerprint density at radius 2 is 2.23 bits per heavy atom. The van der Waals surface area contributed by atoms with E-state index in [4.69, 9.17) is 0 Å². The van der Waals surface area contributed by atoms with Gasteiger partial charge in [0.2, 0.25) is 11.8 Å². The number of nitrogens with zero attached hydrogens (tertiary/aromatic N) is 1. The van der Waals surface area contributed by atoms with E-state index in [1.807, 2.05) is 13.8 Å². The Labute approximate surface area is 78.3 Å². The van der Waals surface area contributed by atoms with Crippen molar-refractivity contribution in [1.82, 2.24) is 10.2 Å². The summed E-state index contributed by atoms with van der Waals surface area (Å²) < 4.78 is 0. The average molecular weight is 184 g/mol. The molecule has 1 fully saturated rings. The number of hydrogen-bond acceptors (Lipinski definition) is 2. The first-order valence-corrected chi connectivity index (χ1v) is 4.66. The van der Waals surface area contributed by atoms with Crippen molar-refractivity contribution in [1.29, 1.82) is 0 Å². The van der Waals surface area contributed by atoms with Crippen molar-refractivity contribution in [2.75, 3.05) is 19.6 Å². The van der Waals surface area contributed by atoms with Gasteiger partial charge in [-0.05, 0) is 6.42 Å². The molecule has 0 unspecified atom stereocenters. The molecule has 0 aromatic heterocycles. The van der Waals surface area contributed by atoms with E-state index < -0.39 is 0 Å². The van der Waals surface area contributed by atoms with Gasteiger partial charge in [0.1, 0.15) is 0 Å². The van der Waals surface area contributed by atoms with Gasteiger partial charge < -0.3 is 10.2 Å². The van der Waals surface area contributed by atoms with Crippen LogP contribution in [0.15, 0.2) is 0 Å². The summed E-state index contributed by atoms with van der Waals surface area (Å²) in [7, 11) is 0. The van der Waals surface area contributed by atoms with E-state index in [2.05, 4.69) is 5.32 Å². The summed E-state index contributed by atoms with van der Waals surface area (Å²) in [5, 5.41) is 2.74. The largest absolute Gasteiger partial charge is 0.354 e. The van der Waals surface area contributed by atoms with Crippen molar-refractivity contribution in [3.8, 4) is 0 Å². The lowest BCUT2D eigenvalue weighted by atomic mass is 10.2. The van der Waals surface area contributed by atoms with Crippen LogP contribution in [0, 0.1) is 5.92 Å². The third-order valence-corrected chi connectivity index (χ3v) is 2.07. The zero-order valence-corrected chi connectivity index (χ0v) is 8.17. The van der Waals surface area contributed by atoms with Gasteiger partial charge in [-0.25, -0.2) is 0 Å². The Bertz CT molecular complexity index is 214. The minimum absolute atomic E-state index is 0.0223. The summed E-state index contributed by atoms with van der Waals surface area (Å²) in [6, 6.07) is 0. The van der Waals surface area contributed by atoms with Gasteiger partial charge in [0.25, 0.3) is 0 Å². The van der Waals surface area contributed by atoms with Crippen LogP contribution >= 0.6 is 0 Å². The summed E-state index contributed by atoms with van der Waals surface area (Å²) in [5.41, 5.74) is 0. The smallest absolute Gasteiger partial charge is 0.239 e. The fraction of sp³-hybridized carbons (Fsp3) is 0.778. The highest BCUT2D eigenvalue weighted by molar-refractivity contribution is 5.85. The van der Waals surface area contributed by atoms with E-state index in [0.717, 1.165) is 6.42 Å². The van der Waals surface area contributed by atoms with Gasteiger partial charge in [-0.15, -0.1) is 0 Å². The first-order valence-electron chi connectivity index (χ1n) is 4.66. The van der Waals surface area contributed by atoms with Gasteiger partial charge in [0, 0.05) is 19.0 Å². The van der Waals surface area contributed by atoms with Gasteiger partial charge in [0.05, 0.1) is 6.54 Å². The van der Waals surface area contributed by atoms with Crippen LogP contribution in [0.2, 0.25) is 0 Å². The minimum atomic E-state index is -0.0495. The molecule has 1 aliphatic rings. The number of hydrogen-bond donors (Lipinski definition) is 1.